The van der Waals surface area contributed by atoms with Crippen LogP contribution in [0.5, 0.6) is 0 Å². The third kappa shape index (κ3) is 5.22. The minimum absolute atomic E-state index is 0.0808. The Morgan fingerprint density at radius 2 is 1.93 bits per heavy atom. The molecule has 1 saturated heterocycles. The summed E-state index contributed by atoms with van der Waals surface area (Å²) in [7, 11) is -3.51. The number of carbonyl (C=O) groups is 1. The van der Waals surface area contributed by atoms with E-state index < -0.39 is 10.0 Å². The zero-order valence-corrected chi connectivity index (χ0v) is 19.2. The molecule has 0 aliphatic carbocycles. The molecule has 1 fully saturated rings. The van der Waals surface area contributed by atoms with Crippen LogP contribution in [0.15, 0.2) is 38.8 Å². The van der Waals surface area contributed by atoms with Gasteiger partial charge in [0.1, 0.15) is 0 Å². The Labute approximate surface area is 182 Å². The van der Waals surface area contributed by atoms with Gasteiger partial charge in [0, 0.05) is 31.7 Å². The molecule has 0 unspecified atom stereocenters. The molecule has 2 aromatic rings. The second-order valence-corrected chi connectivity index (χ2v) is 10.2. The molecule has 0 saturated carbocycles. The molecule has 164 valence electrons. The average molecular weight is 453 g/mol. The van der Waals surface area contributed by atoms with Gasteiger partial charge in [0.05, 0.1) is 10.6 Å². The van der Waals surface area contributed by atoms with E-state index in [0.717, 1.165) is 19.5 Å². The smallest absolute Gasteiger partial charge is 0.277 e. The number of carbonyl (C=O) groups excluding carboxylic acids is 1. The number of benzene rings is 1. The lowest BCUT2D eigenvalue weighted by molar-refractivity contribution is -0.130. The van der Waals surface area contributed by atoms with E-state index in [1.807, 2.05) is 18.7 Å². The SMILES string of the molecule is CCN(CC)S(=O)(=O)c1ccc(-c2nnc(SCC(=O)N3CCC[C@H](C)C3)o2)cc1. The molecular formula is C20H28N4O4S2. The van der Waals surface area contributed by atoms with Crippen molar-refractivity contribution >= 4 is 27.7 Å². The maximum Gasteiger partial charge on any atom is 0.277 e. The van der Waals surface area contributed by atoms with E-state index in [9.17, 15) is 13.2 Å². The first-order valence-electron chi connectivity index (χ1n) is 10.2. The van der Waals surface area contributed by atoms with Crippen LogP contribution in [0.4, 0.5) is 0 Å². The molecule has 0 N–H and O–H groups in total. The number of rotatable bonds is 8. The Morgan fingerprint density at radius 3 is 2.57 bits per heavy atom. The first-order chi connectivity index (χ1) is 14.3. The van der Waals surface area contributed by atoms with E-state index in [4.69, 9.17) is 4.42 Å². The third-order valence-corrected chi connectivity index (χ3v) is 8.05. The number of hydrogen-bond acceptors (Lipinski definition) is 7. The molecule has 1 aliphatic rings. The zero-order chi connectivity index (χ0) is 21.7. The molecule has 1 amide bonds. The van der Waals surface area contributed by atoms with E-state index in [0.29, 0.717) is 35.7 Å². The molecule has 2 heterocycles. The van der Waals surface area contributed by atoms with Gasteiger partial charge in [0.15, 0.2) is 0 Å². The standard InChI is InChI=1S/C20H28N4O4S2/c1-4-24(5-2)30(26,27)17-10-8-16(9-11-17)19-21-22-20(28-19)29-14-18(25)23-12-6-7-15(3)13-23/h8-11,15H,4-7,12-14H2,1-3H3/t15-/m0/s1. The van der Waals surface area contributed by atoms with Gasteiger partial charge >= 0.3 is 0 Å². The summed E-state index contributed by atoms with van der Waals surface area (Å²) in [6.45, 7) is 8.22. The van der Waals surface area contributed by atoms with Gasteiger partial charge in [0.2, 0.25) is 21.8 Å². The van der Waals surface area contributed by atoms with Crippen LogP contribution in [-0.4, -0.2) is 65.7 Å². The predicted octanol–water partition coefficient (Wildman–Crippen LogP) is 3.12. The van der Waals surface area contributed by atoms with Crippen molar-refractivity contribution in [3.63, 3.8) is 0 Å². The molecule has 1 aromatic carbocycles. The van der Waals surface area contributed by atoms with E-state index >= 15 is 0 Å². The number of sulfonamides is 1. The molecule has 10 heteroatoms. The molecule has 1 aliphatic heterocycles. The summed E-state index contributed by atoms with van der Waals surface area (Å²) < 4.78 is 32.2. The number of amides is 1. The molecule has 1 aromatic heterocycles. The maximum absolute atomic E-state index is 12.6. The lowest BCUT2D eigenvalue weighted by Crippen LogP contribution is -2.40. The van der Waals surface area contributed by atoms with Gasteiger partial charge in [-0.1, -0.05) is 32.5 Å². The average Bonchev–Trinajstić information content (AvgIpc) is 3.22. The van der Waals surface area contributed by atoms with Gasteiger partial charge in [-0.2, -0.15) is 4.31 Å². The van der Waals surface area contributed by atoms with Crippen LogP contribution in [0.2, 0.25) is 0 Å². The highest BCUT2D eigenvalue weighted by atomic mass is 32.2. The third-order valence-electron chi connectivity index (χ3n) is 5.18. The normalized spacial score (nSPS) is 17.5. The van der Waals surface area contributed by atoms with Crippen LogP contribution < -0.4 is 0 Å². The largest absolute Gasteiger partial charge is 0.411 e. The fourth-order valence-electron chi connectivity index (χ4n) is 3.50. The van der Waals surface area contributed by atoms with Crippen LogP contribution in [0, 0.1) is 5.92 Å². The van der Waals surface area contributed by atoms with E-state index in [1.54, 1.807) is 24.3 Å². The molecule has 0 radical (unpaired) electrons. The minimum Gasteiger partial charge on any atom is -0.411 e. The van der Waals surface area contributed by atoms with Crippen LogP contribution in [0.1, 0.15) is 33.6 Å². The summed E-state index contributed by atoms with van der Waals surface area (Å²) in [6, 6.07) is 6.39. The number of likely N-dealkylation sites (tertiary alicyclic amines) is 1. The van der Waals surface area contributed by atoms with Crippen LogP contribution >= 0.6 is 11.8 Å². The molecule has 3 rings (SSSR count). The summed E-state index contributed by atoms with van der Waals surface area (Å²) in [5, 5.41) is 8.35. The van der Waals surface area contributed by atoms with E-state index in [1.165, 1.54) is 22.5 Å². The van der Waals surface area contributed by atoms with Gasteiger partial charge in [0.25, 0.3) is 5.22 Å². The zero-order valence-electron chi connectivity index (χ0n) is 17.6. The molecule has 8 nitrogen and oxygen atoms in total. The van der Waals surface area contributed by atoms with Gasteiger partial charge in [-0.05, 0) is 43.0 Å². The maximum atomic E-state index is 12.6. The second kappa shape index (κ2) is 9.93. The number of thioether (sulfide) groups is 1. The van der Waals surface area contributed by atoms with Crippen molar-refractivity contribution in [2.45, 2.75) is 43.7 Å². The Balaban J connectivity index is 1.62. The van der Waals surface area contributed by atoms with E-state index in [-0.39, 0.29) is 16.6 Å². The number of nitrogens with zero attached hydrogens (tertiary/aromatic N) is 4. The van der Waals surface area contributed by atoms with Gasteiger partial charge in [-0.15, -0.1) is 10.2 Å². The molecular weight excluding hydrogens is 424 g/mol. The topological polar surface area (TPSA) is 96.6 Å². The Morgan fingerprint density at radius 1 is 1.23 bits per heavy atom. The highest BCUT2D eigenvalue weighted by Crippen LogP contribution is 2.26. The monoisotopic (exact) mass is 452 g/mol. The van der Waals surface area contributed by atoms with Gasteiger partial charge in [-0.3, -0.25) is 4.79 Å². The highest BCUT2D eigenvalue weighted by Gasteiger charge is 2.23. The van der Waals surface area contributed by atoms with Crippen molar-refractivity contribution < 1.29 is 17.6 Å². The van der Waals surface area contributed by atoms with Crippen molar-refractivity contribution in [2.24, 2.45) is 5.92 Å². The number of piperidine rings is 1. The van der Waals surface area contributed by atoms with Crippen molar-refractivity contribution in [2.75, 3.05) is 31.9 Å². The van der Waals surface area contributed by atoms with Crippen molar-refractivity contribution in [3.05, 3.63) is 24.3 Å². The van der Waals surface area contributed by atoms with Crippen LogP contribution in [-0.2, 0) is 14.8 Å². The summed E-state index contributed by atoms with van der Waals surface area (Å²) >= 11 is 1.22. The summed E-state index contributed by atoms with van der Waals surface area (Å²) in [6.07, 6.45) is 2.21. The van der Waals surface area contributed by atoms with Crippen molar-refractivity contribution in [1.29, 1.82) is 0 Å². The fraction of sp³-hybridized carbons (Fsp3) is 0.550. The predicted molar refractivity (Wildman–Crippen MR) is 116 cm³/mol. The first kappa shape index (κ1) is 22.8. The van der Waals surface area contributed by atoms with Gasteiger partial charge < -0.3 is 9.32 Å². The van der Waals surface area contributed by atoms with Crippen LogP contribution in [0.3, 0.4) is 0 Å². The van der Waals surface area contributed by atoms with E-state index in [2.05, 4.69) is 17.1 Å². The Kier molecular flexibility index (Phi) is 7.54. The molecule has 0 spiro atoms. The summed E-state index contributed by atoms with van der Waals surface area (Å²) in [4.78, 5) is 14.5. The van der Waals surface area contributed by atoms with Crippen molar-refractivity contribution in [1.82, 2.24) is 19.4 Å². The summed E-state index contributed by atoms with van der Waals surface area (Å²) in [5.41, 5.74) is 0.629. The number of aromatic nitrogens is 2. The first-order valence-corrected chi connectivity index (χ1v) is 12.6. The minimum atomic E-state index is -3.51. The molecule has 1 atom stereocenters. The fourth-order valence-corrected chi connectivity index (χ4v) is 5.62. The van der Waals surface area contributed by atoms with Crippen LogP contribution in [0.25, 0.3) is 11.5 Å². The Hall–Kier alpha value is -1.91. The number of hydrogen-bond donors (Lipinski definition) is 0. The quantitative estimate of drug-likeness (QED) is 0.568. The molecule has 30 heavy (non-hydrogen) atoms. The van der Waals surface area contributed by atoms with Crippen molar-refractivity contribution in [3.8, 4) is 11.5 Å². The van der Waals surface area contributed by atoms with Gasteiger partial charge in [-0.25, -0.2) is 8.42 Å². The highest BCUT2D eigenvalue weighted by molar-refractivity contribution is 7.99. The molecule has 0 bridgehead atoms. The second-order valence-electron chi connectivity index (χ2n) is 7.36. The Bertz CT molecular complexity index is 955. The lowest BCUT2D eigenvalue weighted by Gasteiger charge is -2.30. The lowest BCUT2D eigenvalue weighted by atomic mass is 10.0. The summed E-state index contributed by atoms with van der Waals surface area (Å²) in [5.74, 6) is 1.17.